The highest BCUT2D eigenvalue weighted by atomic mass is 15.4. The Morgan fingerprint density at radius 3 is 1.67 bits per heavy atom. The highest BCUT2D eigenvalue weighted by Crippen LogP contribution is 2.42. The third-order valence-electron chi connectivity index (χ3n) is 3.77. The van der Waals surface area contributed by atoms with Gasteiger partial charge in [0.2, 0.25) is 0 Å². The molecule has 2 aliphatic rings. The van der Waals surface area contributed by atoms with Crippen molar-refractivity contribution in [2.24, 2.45) is 0 Å². The molecule has 0 aromatic rings. The smallest absolute Gasteiger partial charge is 0.0828 e. The SMILES string of the molecule is C=C=C1CN(C)C2(C1)CC(=C=C)CN2C. The highest BCUT2D eigenvalue weighted by molar-refractivity contribution is 5.24. The molecule has 0 bridgehead atoms. The van der Waals surface area contributed by atoms with Crippen LogP contribution < -0.4 is 0 Å². The van der Waals surface area contributed by atoms with Gasteiger partial charge in [-0.25, -0.2) is 0 Å². The summed E-state index contributed by atoms with van der Waals surface area (Å²) in [5.41, 5.74) is 8.87. The third-order valence-corrected chi connectivity index (χ3v) is 3.77. The van der Waals surface area contributed by atoms with Gasteiger partial charge in [0.1, 0.15) is 0 Å². The van der Waals surface area contributed by atoms with Crippen molar-refractivity contribution in [2.45, 2.75) is 18.5 Å². The lowest BCUT2D eigenvalue weighted by Gasteiger charge is -2.37. The Hall–Kier alpha value is -1.04. The van der Waals surface area contributed by atoms with Crippen molar-refractivity contribution < 1.29 is 0 Å². The second kappa shape index (κ2) is 3.52. The first-order chi connectivity index (χ1) is 7.12. The fraction of sp³-hybridized carbons (Fsp3) is 0.538. The molecule has 0 aliphatic carbocycles. The first-order valence-electron chi connectivity index (χ1n) is 5.30. The summed E-state index contributed by atoms with van der Waals surface area (Å²) in [5.74, 6) is 0. The summed E-state index contributed by atoms with van der Waals surface area (Å²) in [6.07, 6.45) is 2.10. The summed E-state index contributed by atoms with van der Waals surface area (Å²) < 4.78 is 0. The van der Waals surface area contributed by atoms with Gasteiger partial charge < -0.3 is 0 Å². The van der Waals surface area contributed by atoms with Crippen molar-refractivity contribution in [3.63, 3.8) is 0 Å². The van der Waals surface area contributed by atoms with Crippen LogP contribution in [-0.4, -0.2) is 42.6 Å². The fourth-order valence-corrected chi connectivity index (χ4v) is 2.79. The fourth-order valence-electron chi connectivity index (χ4n) is 2.79. The Labute approximate surface area is 91.9 Å². The Bertz CT molecular complexity index is 343. The van der Waals surface area contributed by atoms with Gasteiger partial charge >= 0.3 is 0 Å². The van der Waals surface area contributed by atoms with Crippen LogP contribution in [0.4, 0.5) is 0 Å². The minimum absolute atomic E-state index is 0.139. The van der Waals surface area contributed by atoms with Crippen molar-refractivity contribution in [1.29, 1.82) is 0 Å². The van der Waals surface area contributed by atoms with E-state index in [0.717, 1.165) is 25.9 Å². The Balaban J connectivity index is 2.36. The van der Waals surface area contributed by atoms with Crippen molar-refractivity contribution in [3.05, 3.63) is 35.8 Å². The van der Waals surface area contributed by atoms with Crippen molar-refractivity contribution in [2.75, 3.05) is 27.2 Å². The molecule has 2 nitrogen and oxygen atoms in total. The summed E-state index contributed by atoms with van der Waals surface area (Å²) in [4.78, 5) is 4.79. The van der Waals surface area contributed by atoms with Crippen LogP contribution in [0, 0.1) is 0 Å². The molecule has 80 valence electrons. The van der Waals surface area contributed by atoms with E-state index >= 15 is 0 Å². The Kier molecular flexibility index (Phi) is 2.46. The quantitative estimate of drug-likeness (QED) is 0.552. The first-order valence-corrected chi connectivity index (χ1v) is 5.30. The molecule has 2 fully saturated rings. The molecule has 0 amide bonds. The lowest BCUT2D eigenvalue weighted by Crippen LogP contribution is -2.50. The molecule has 0 aromatic heterocycles. The Morgan fingerprint density at radius 2 is 1.40 bits per heavy atom. The van der Waals surface area contributed by atoms with Gasteiger partial charge in [-0.05, 0) is 25.2 Å². The van der Waals surface area contributed by atoms with Crippen LogP contribution in [0.3, 0.4) is 0 Å². The zero-order chi connectivity index (χ0) is 11.1. The normalized spacial score (nSPS) is 32.4. The molecule has 0 atom stereocenters. The molecule has 2 rings (SSSR count). The van der Waals surface area contributed by atoms with Gasteiger partial charge in [-0.15, -0.1) is 11.5 Å². The average molecular weight is 202 g/mol. The standard InChI is InChI=1S/C13H18N2/c1-5-11-7-13(14(3)9-11)8-12(6-2)10-15(13)4/h1-2,7-10H2,3-4H3. The number of likely N-dealkylation sites (tertiary alicyclic amines) is 2. The molecule has 0 saturated carbocycles. The van der Waals surface area contributed by atoms with Gasteiger partial charge in [0.25, 0.3) is 0 Å². The average Bonchev–Trinajstić information content (AvgIpc) is 2.71. The van der Waals surface area contributed by atoms with Crippen LogP contribution in [0.15, 0.2) is 35.8 Å². The van der Waals surface area contributed by atoms with Crippen molar-refractivity contribution in [3.8, 4) is 0 Å². The molecule has 0 aromatic carbocycles. The Morgan fingerprint density at radius 1 is 1.00 bits per heavy atom. The molecule has 1 spiro atoms. The monoisotopic (exact) mass is 202 g/mol. The maximum atomic E-state index is 3.75. The second-order valence-corrected chi connectivity index (χ2v) is 4.61. The number of likely N-dealkylation sites (N-methyl/N-ethyl adjacent to an activating group) is 2. The molecule has 2 aliphatic heterocycles. The zero-order valence-corrected chi connectivity index (χ0v) is 9.64. The van der Waals surface area contributed by atoms with Gasteiger partial charge in [-0.2, -0.15) is 0 Å². The van der Waals surface area contributed by atoms with Gasteiger partial charge in [0, 0.05) is 25.9 Å². The van der Waals surface area contributed by atoms with Crippen LogP contribution >= 0.6 is 0 Å². The van der Waals surface area contributed by atoms with E-state index < -0.39 is 0 Å². The minimum Gasteiger partial charge on any atom is -0.283 e. The zero-order valence-electron chi connectivity index (χ0n) is 9.64. The van der Waals surface area contributed by atoms with Gasteiger partial charge in [-0.1, -0.05) is 13.2 Å². The predicted octanol–water partition coefficient (Wildman–Crippen LogP) is 1.78. The maximum absolute atomic E-state index is 3.75. The molecular formula is C13H18N2. The van der Waals surface area contributed by atoms with E-state index in [1.54, 1.807) is 0 Å². The lowest BCUT2D eigenvalue weighted by atomic mass is 10.0. The molecule has 2 saturated heterocycles. The molecule has 15 heavy (non-hydrogen) atoms. The van der Waals surface area contributed by atoms with E-state index in [2.05, 4.69) is 48.5 Å². The minimum atomic E-state index is 0.139. The van der Waals surface area contributed by atoms with E-state index in [0.29, 0.717) is 0 Å². The number of nitrogens with zero attached hydrogens (tertiary/aromatic N) is 2. The largest absolute Gasteiger partial charge is 0.283 e. The summed E-state index contributed by atoms with van der Waals surface area (Å²) in [7, 11) is 4.35. The molecule has 2 heterocycles. The molecular weight excluding hydrogens is 184 g/mol. The number of hydrogen-bond acceptors (Lipinski definition) is 2. The lowest BCUT2D eigenvalue weighted by molar-refractivity contribution is 0.0392. The van der Waals surface area contributed by atoms with Crippen LogP contribution in [0.1, 0.15) is 12.8 Å². The highest BCUT2D eigenvalue weighted by Gasteiger charge is 2.48. The number of hydrogen-bond donors (Lipinski definition) is 0. The van der Waals surface area contributed by atoms with E-state index in [9.17, 15) is 0 Å². The third kappa shape index (κ3) is 1.43. The number of rotatable bonds is 0. The topological polar surface area (TPSA) is 6.48 Å². The van der Waals surface area contributed by atoms with Gasteiger partial charge in [0.05, 0.1) is 5.66 Å². The van der Waals surface area contributed by atoms with Crippen LogP contribution in [0.25, 0.3) is 0 Å². The summed E-state index contributed by atoms with van der Waals surface area (Å²) in [5, 5.41) is 0. The summed E-state index contributed by atoms with van der Waals surface area (Å²) >= 11 is 0. The summed E-state index contributed by atoms with van der Waals surface area (Å²) in [6, 6.07) is 0. The predicted molar refractivity (Wildman–Crippen MR) is 62.5 cm³/mol. The van der Waals surface area contributed by atoms with E-state index in [4.69, 9.17) is 0 Å². The molecule has 0 radical (unpaired) electrons. The van der Waals surface area contributed by atoms with Crippen LogP contribution in [0.2, 0.25) is 0 Å². The molecule has 2 heteroatoms. The molecule has 0 N–H and O–H groups in total. The van der Waals surface area contributed by atoms with Crippen molar-refractivity contribution >= 4 is 0 Å². The van der Waals surface area contributed by atoms with Crippen LogP contribution in [0.5, 0.6) is 0 Å². The van der Waals surface area contributed by atoms with E-state index in [1.807, 2.05) is 0 Å². The second-order valence-electron chi connectivity index (χ2n) is 4.61. The first kappa shape index (κ1) is 10.5. The van der Waals surface area contributed by atoms with Gasteiger partial charge in [0.15, 0.2) is 0 Å². The maximum Gasteiger partial charge on any atom is 0.0828 e. The van der Waals surface area contributed by atoms with E-state index in [1.165, 1.54) is 11.1 Å². The molecule has 0 unspecified atom stereocenters. The van der Waals surface area contributed by atoms with E-state index in [-0.39, 0.29) is 5.66 Å². The van der Waals surface area contributed by atoms with Gasteiger partial charge in [-0.3, -0.25) is 9.80 Å². The van der Waals surface area contributed by atoms with Crippen LogP contribution in [-0.2, 0) is 0 Å². The summed E-state index contributed by atoms with van der Waals surface area (Å²) in [6.45, 7) is 9.48. The van der Waals surface area contributed by atoms with Crippen molar-refractivity contribution in [1.82, 2.24) is 9.80 Å².